The van der Waals surface area contributed by atoms with Crippen molar-refractivity contribution in [2.75, 3.05) is 23.7 Å². The minimum absolute atomic E-state index is 0.100. The molecule has 3 heteroatoms. The molecule has 0 aliphatic carbocycles. The largest absolute Gasteiger partial charge is 0.385 e. The van der Waals surface area contributed by atoms with Gasteiger partial charge in [0.15, 0.2) is 0 Å². The van der Waals surface area contributed by atoms with Gasteiger partial charge < -0.3 is 10.6 Å². The van der Waals surface area contributed by atoms with Crippen molar-refractivity contribution in [2.24, 2.45) is 5.92 Å². The molecule has 84 valence electrons. The normalized spacial score (nSPS) is 22.4. The van der Waals surface area contributed by atoms with Crippen LogP contribution >= 0.6 is 0 Å². The van der Waals surface area contributed by atoms with Crippen LogP contribution in [0.25, 0.3) is 6.08 Å². The molecule has 0 amide bonds. The molecule has 2 aliphatic heterocycles. The maximum absolute atomic E-state index is 13.1. The van der Waals surface area contributed by atoms with Crippen molar-refractivity contribution < 1.29 is 4.39 Å². The van der Waals surface area contributed by atoms with Crippen molar-refractivity contribution in [3.8, 4) is 0 Å². The third-order valence-electron chi connectivity index (χ3n) is 3.24. The van der Waals surface area contributed by atoms with Gasteiger partial charge in [-0.25, -0.2) is 4.39 Å². The standard InChI is InChI=1S/C13H15FN2/c1-8-2-9-4-13-10(3-11(14)7-16-13)5-12(9)15-6-8/h3-5,8,15-16H,2,6-7H2,1H3. The molecule has 0 saturated heterocycles. The number of fused-ring (bicyclic) bond motifs is 2. The maximum atomic E-state index is 13.1. The number of hydrogen-bond donors (Lipinski definition) is 2. The van der Waals surface area contributed by atoms with Gasteiger partial charge in [-0.05, 0) is 36.1 Å². The second-order valence-electron chi connectivity index (χ2n) is 4.73. The van der Waals surface area contributed by atoms with Gasteiger partial charge in [0.05, 0.1) is 6.54 Å². The highest BCUT2D eigenvalue weighted by molar-refractivity contribution is 5.77. The fourth-order valence-electron chi connectivity index (χ4n) is 2.40. The Hall–Kier alpha value is -1.51. The van der Waals surface area contributed by atoms with Crippen molar-refractivity contribution in [3.63, 3.8) is 0 Å². The first-order valence-electron chi connectivity index (χ1n) is 5.73. The third-order valence-corrected chi connectivity index (χ3v) is 3.24. The molecule has 0 saturated carbocycles. The Morgan fingerprint density at radius 1 is 1.25 bits per heavy atom. The maximum Gasteiger partial charge on any atom is 0.120 e. The zero-order valence-corrected chi connectivity index (χ0v) is 9.31. The van der Waals surface area contributed by atoms with Gasteiger partial charge in [-0.2, -0.15) is 0 Å². The molecule has 1 unspecified atom stereocenters. The Balaban J connectivity index is 2.06. The molecule has 16 heavy (non-hydrogen) atoms. The van der Waals surface area contributed by atoms with Crippen LogP contribution in [0.2, 0.25) is 0 Å². The third kappa shape index (κ3) is 1.56. The molecule has 2 heterocycles. The predicted octanol–water partition coefficient (Wildman–Crippen LogP) is 3.03. The molecule has 3 rings (SSSR count). The first kappa shape index (κ1) is 9.70. The molecular formula is C13H15FN2. The zero-order valence-electron chi connectivity index (χ0n) is 9.31. The van der Waals surface area contributed by atoms with E-state index in [0.717, 1.165) is 29.9 Å². The van der Waals surface area contributed by atoms with E-state index in [9.17, 15) is 4.39 Å². The highest BCUT2D eigenvalue weighted by atomic mass is 19.1. The molecule has 0 spiro atoms. The van der Waals surface area contributed by atoms with E-state index in [-0.39, 0.29) is 5.83 Å². The van der Waals surface area contributed by atoms with Crippen molar-refractivity contribution in [3.05, 3.63) is 29.1 Å². The molecule has 0 bridgehead atoms. The first-order chi connectivity index (χ1) is 7.72. The van der Waals surface area contributed by atoms with E-state index in [4.69, 9.17) is 0 Å². The van der Waals surface area contributed by atoms with Crippen LogP contribution in [-0.2, 0) is 6.42 Å². The predicted molar refractivity (Wildman–Crippen MR) is 65.4 cm³/mol. The smallest absolute Gasteiger partial charge is 0.120 e. The van der Waals surface area contributed by atoms with E-state index in [0.29, 0.717) is 12.5 Å². The highest BCUT2D eigenvalue weighted by Gasteiger charge is 2.18. The number of benzene rings is 1. The topological polar surface area (TPSA) is 24.1 Å². The van der Waals surface area contributed by atoms with Crippen molar-refractivity contribution in [1.29, 1.82) is 0 Å². The van der Waals surface area contributed by atoms with E-state index in [1.54, 1.807) is 6.08 Å². The number of halogens is 1. The lowest BCUT2D eigenvalue weighted by Gasteiger charge is -2.26. The van der Waals surface area contributed by atoms with Crippen LogP contribution in [0.5, 0.6) is 0 Å². The van der Waals surface area contributed by atoms with E-state index >= 15 is 0 Å². The molecule has 2 nitrogen and oxygen atoms in total. The summed E-state index contributed by atoms with van der Waals surface area (Å²) < 4.78 is 13.1. The summed E-state index contributed by atoms with van der Waals surface area (Å²) in [5, 5.41) is 6.50. The molecule has 1 atom stereocenters. The van der Waals surface area contributed by atoms with Crippen molar-refractivity contribution >= 4 is 17.5 Å². The average Bonchev–Trinajstić information content (AvgIpc) is 2.26. The molecule has 2 N–H and O–H groups in total. The van der Waals surface area contributed by atoms with Crippen LogP contribution in [0, 0.1) is 5.92 Å². The lowest BCUT2D eigenvalue weighted by molar-refractivity contribution is 0.594. The summed E-state index contributed by atoms with van der Waals surface area (Å²) >= 11 is 0. The number of hydrogen-bond acceptors (Lipinski definition) is 2. The average molecular weight is 218 g/mol. The van der Waals surface area contributed by atoms with Crippen LogP contribution in [0.3, 0.4) is 0 Å². The fraction of sp³-hybridized carbons (Fsp3) is 0.385. The van der Waals surface area contributed by atoms with E-state index < -0.39 is 0 Å². The summed E-state index contributed by atoms with van der Waals surface area (Å²) in [4.78, 5) is 0. The van der Waals surface area contributed by atoms with Gasteiger partial charge in [0.25, 0.3) is 0 Å². The Bertz CT molecular complexity index is 465. The van der Waals surface area contributed by atoms with Gasteiger partial charge >= 0.3 is 0 Å². The highest BCUT2D eigenvalue weighted by Crippen LogP contribution is 2.33. The SMILES string of the molecule is CC1CNc2cc3c(cc2C1)NCC(F)=C3. The summed E-state index contributed by atoms with van der Waals surface area (Å²) in [5.41, 5.74) is 4.49. The van der Waals surface area contributed by atoms with Gasteiger partial charge in [0.2, 0.25) is 0 Å². The number of anilines is 2. The Kier molecular flexibility index (Phi) is 2.13. The number of nitrogens with one attached hydrogen (secondary N) is 2. The molecule has 1 aromatic carbocycles. The number of rotatable bonds is 0. The molecule has 0 radical (unpaired) electrons. The van der Waals surface area contributed by atoms with Crippen LogP contribution < -0.4 is 10.6 Å². The Labute approximate surface area is 94.5 Å². The minimum Gasteiger partial charge on any atom is -0.385 e. The second-order valence-corrected chi connectivity index (χ2v) is 4.73. The van der Waals surface area contributed by atoms with E-state index in [1.807, 2.05) is 6.07 Å². The quantitative estimate of drug-likeness (QED) is 0.699. The summed E-state index contributed by atoms with van der Waals surface area (Å²) in [5.74, 6) is 0.568. The van der Waals surface area contributed by atoms with Crippen LogP contribution in [0.15, 0.2) is 18.0 Å². The first-order valence-corrected chi connectivity index (χ1v) is 5.73. The lowest BCUT2D eigenvalue weighted by atomic mass is 9.93. The summed E-state index contributed by atoms with van der Waals surface area (Å²) in [6.07, 6.45) is 2.72. The van der Waals surface area contributed by atoms with E-state index in [2.05, 4.69) is 23.6 Å². The Morgan fingerprint density at radius 2 is 2.12 bits per heavy atom. The summed E-state index contributed by atoms with van der Waals surface area (Å²) in [6.45, 7) is 3.56. The van der Waals surface area contributed by atoms with Crippen LogP contribution in [0.4, 0.5) is 15.8 Å². The van der Waals surface area contributed by atoms with Crippen LogP contribution in [0.1, 0.15) is 18.1 Å². The summed E-state index contributed by atoms with van der Waals surface area (Å²) in [6, 6.07) is 4.19. The molecule has 1 aromatic rings. The van der Waals surface area contributed by atoms with Crippen molar-refractivity contribution in [1.82, 2.24) is 0 Å². The molecule has 0 fully saturated rings. The molecule has 0 aromatic heterocycles. The molecule has 2 aliphatic rings. The van der Waals surface area contributed by atoms with Gasteiger partial charge in [-0.15, -0.1) is 0 Å². The van der Waals surface area contributed by atoms with Crippen molar-refractivity contribution in [2.45, 2.75) is 13.3 Å². The second kappa shape index (κ2) is 3.51. The lowest BCUT2D eigenvalue weighted by Crippen LogP contribution is -2.21. The van der Waals surface area contributed by atoms with Crippen LogP contribution in [-0.4, -0.2) is 13.1 Å². The monoisotopic (exact) mass is 218 g/mol. The zero-order chi connectivity index (χ0) is 11.1. The van der Waals surface area contributed by atoms with Gasteiger partial charge in [0.1, 0.15) is 5.83 Å². The van der Waals surface area contributed by atoms with Gasteiger partial charge in [-0.3, -0.25) is 0 Å². The van der Waals surface area contributed by atoms with Gasteiger partial charge in [-0.1, -0.05) is 6.92 Å². The Morgan fingerprint density at radius 3 is 3.00 bits per heavy atom. The fourth-order valence-corrected chi connectivity index (χ4v) is 2.40. The summed E-state index contributed by atoms with van der Waals surface area (Å²) in [7, 11) is 0. The molecular weight excluding hydrogens is 203 g/mol. The minimum atomic E-state index is -0.100. The van der Waals surface area contributed by atoms with E-state index in [1.165, 1.54) is 5.56 Å². The van der Waals surface area contributed by atoms with Gasteiger partial charge in [0, 0.05) is 23.5 Å².